The lowest BCUT2D eigenvalue weighted by Gasteiger charge is -2.30. The first-order chi connectivity index (χ1) is 12.8. The summed E-state index contributed by atoms with van der Waals surface area (Å²) < 4.78 is 5.32. The molecule has 27 heavy (non-hydrogen) atoms. The normalized spacial score (nSPS) is 15.9. The Labute approximate surface area is 166 Å². The maximum Gasteiger partial charge on any atom is 0.136 e. The van der Waals surface area contributed by atoms with E-state index in [1.807, 2.05) is 18.2 Å². The van der Waals surface area contributed by atoms with E-state index < -0.39 is 0 Å². The van der Waals surface area contributed by atoms with Crippen molar-refractivity contribution in [1.82, 2.24) is 4.90 Å². The van der Waals surface area contributed by atoms with Crippen molar-refractivity contribution >= 4 is 23.9 Å². The Hall–Kier alpha value is -2.78. The molecule has 3 aromatic carbocycles. The van der Waals surface area contributed by atoms with Crippen LogP contribution in [0.1, 0.15) is 22.7 Å². The number of halogens is 1. The molecule has 3 nitrogen and oxygen atoms in total. The van der Waals surface area contributed by atoms with Crippen molar-refractivity contribution in [2.45, 2.75) is 12.5 Å². The van der Waals surface area contributed by atoms with Gasteiger partial charge < -0.3 is 9.64 Å². The summed E-state index contributed by atoms with van der Waals surface area (Å²) in [5, 5.41) is 0. The Morgan fingerprint density at radius 3 is 2.26 bits per heavy atom. The van der Waals surface area contributed by atoms with Crippen molar-refractivity contribution in [3.05, 3.63) is 95.6 Å². The number of benzene rings is 3. The molecule has 4 rings (SSSR count). The summed E-state index contributed by atoms with van der Waals surface area (Å²) in [4.78, 5) is 7.31. The van der Waals surface area contributed by atoms with Crippen LogP contribution in [0, 0.1) is 0 Å². The number of aliphatic imine (C=N–C) groups is 1. The predicted molar refractivity (Wildman–Crippen MR) is 114 cm³/mol. The van der Waals surface area contributed by atoms with Crippen molar-refractivity contribution in [2.24, 2.45) is 4.99 Å². The summed E-state index contributed by atoms with van der Waals surface area (Å²) in [5.74, 6) is 1.87. The third-order valence-corrected chi connectivity index (χ3v) is 4.97. The zero-order valence-corrected chi connectivity index (χ0v) is 16.3. The molecule has 3 aromatic rings. The molecule has 1 unspecified atom stereocenters. The Bertz CT molecular complexity index is 923. The zero-order valence-electron chi connectivity index (χ0n) is 15.5. The standard InChI is InChI=1S/C23H22N2O.ClH/c1-25-22(17-12-14-20(26-2)15-13-17)16-19-10-6-7-11-21(19)24-23(25)18-8-4-3-5-9-18;/h3-15,22H,16H2,1-2H3;1H. The third-order valence-electron chi connectivity index (χ3n) is 4.97. The monoisotopic (exact) mass is 378 g/mol. The van der Waals surface area contributed by atoms with Gasteiger partial charge in [0, 0.05) is 12.6 Å². The largest absolute Gasteiger partial charge is 0.497 e. The molecule has 1 heterocycles. The Balaban J connectivity index is 0.00000210. The fourth-order valence-electron chi connectivity index (χ4n) is 3.50. The van der Waals surface area contributed by atoms with E-state index >= 15 is 0 Å². The van der Waals surface area contributed by atoms with E-state index in [4.69, 9.17) is 9.73 Å². The van der Waals surface area contributed by atoms with Gasteiger partial charge in [-0.1, -0.05) is 60.7 Å². The number of hydrogen-bond donors (Lipinski definition) is 0. The molecule has 1 atom stereocenters. The van der Waals surface area contributed by atoms with Gasteiger partial charge in [0.25, 0.3) is 0 Å². The Kier molecular flexibility index (Phi) is 5.82. The average Bonchev–Trinajstić information content (AvgIpc) is 2.85. The minimum absolute atomic E-state index is 0. The first-order valence-corrected chi connectivity index (χ1v) is 8.85. The van der Waals surface area contributed by atoms with Crippen LogP contribution in [0.5, 0.6) is 5.75 Å². The summed E-state index contributed by atoms with van der Waals surface area (Å²) in [5.41, 5.74) is 4.71. The maximum absolute atomic E-state index is 5.32. The molecule has 1 aliphatic rings. The van der Waals surface area contributed by atoms with Crippen molar-refractivity contribution in [2.75, 3.05) is 14.2 Å². The van der Waals surface area contributed by atoms with Gasteiger partial charge in [0.15, 0.2) is 0 Å². The molecule has 1 aliphatic heterocycles. The van der Waals surface area contributed by atoms with Crippen molar-refractivity contribution in [3.8, 4) is 5.75 Å². The van der Waals surface area contributed by atoms with Gasteiger partial charge in [-0.25, -0.2) is 4.99 Å². The number of para-hydroxylation sites is 1. The molecule has 0 aromatic heterocycles. The van der Waals surface area contributed by atoms with Crippen LogP contribution in [0.15, 0.2) is 83.9 Å². The molecule has 0 spiro atoms. The molecule has 4 heteroatoms. The minimum Gasteiger partial charge on any atom is -0.497 e. The quantitative estimate of drug-likeness (QED) is 0.607. The van der Waals surface area contributed by atoms with E-state index in [1.165, 1.54) is 11.1 Å². The molecule has 138 valence electrons. The second-order valence-corrected chi connectivity index (χ2v) is 6.53. The van der Waals surface area contributed by atoms with Crippen LogP contribution >= 0.6 is 12.4 Å². The second-order valence-electron chi connectivity index (χ2n) is 6.53. The number of rotatable bonds is 3. The number of amidine groups is 1. The molecule has 0 aliphatic carbocycles. The van der Waals surface area contributed by atoms with Crippen molar-refractivity contribution < 1.29 is 4.74 Å². The van der Waals surface area contributed by atoms with Gasteiger partial charge in [0.2, 0.25) is 0 Å². The third kappa shape index (κ3) is 3.83. The Morgan fingerprint density at radius 1 is 0.889 bits per heavy atom. The Morgan fingerprint density at radius 2 is 1.56 bits per heavy atom. The predicted octanol–water partition coefficient (Wildman–Crippen LogP) is 5.42. The molecule has 0 N–H and O–H groups in total. The van der Waals surface area contributed by atoms with Crippen LogP contribution < -0.4 is 4.74 Å². The van der Waals surface area contributed by atoms with Crippen molar-refractivity contribution in [3.63, 3.8) is 0 Å². The van der Waals surface area contributed by atoms with Crippen LogP contribution in [0.3, 0.4) is 0 Å². The fraction of sp³-hybridized carbons (Fsp3) is 0.174. The van der Waals surface area contributed by atoms with Crippen LogP contribution in [0.25, 0.3) is 0 Å². The minimum atomic E-state index is 0. The number of likely N-dealkylation sites (N-methyl/N-ethyl adjacent to an activating group) is 1. The SMILES string of the molecule is COc1ccc(C2Cc3ccccc3N=C(c3ccccc3)N2C)cc1.Cl. The molecular weight excluding hydrogens is 356 g/mol. The van der Waals surface area contributed by atoms with Crippen LogP contribution in [0.4, 0.5) is 5.69 Å². The molecular formula is C23H23ClN2O. The summed E-state index contributed by atoms with van der Waals surface area (Å²) in [6, 6.07) is 27.4. The molecule has 0 fully saturated rings. The molecule has 0 bridgehead atoms. The van der Waals surface area contributed by atoms with Gasteiger partial charge in [-0.15, -0.1) is 12.4 Å². The van der Waals surface area contributed by atoms with Crippen molar-refractivity contribution in [1.29, 1.82) is 0 Å². The van der Waals surface area contributed by atoms with Gasteiger partial charge in [0.05, 0.1) is 18.8 Å². The summed E-state index contributed by atoms with van der Waals surface area (Å²) in [7, 11) is 3.83. The van der Waals surface area contributed by atoms with Gasteiger partial charge in [-0.3, -0.25) is 0 Å². The maximum atomic E-state index is 5.32. The summed E-state index contributed by atoms with van der Waals surface area (Å²) in [6.45, 7) is 0. The molecule has 0 saturated carbocycles. The smallest absolute Gasteiger partial charge is 0.136 e. The fourth-order valence-corrected chi connectivity index (χ4v) is 3.50. The number of nitrogens with zero attached hydrogens (tertiary/aromatic N) is 2. The van der Waals surface area contributed by atoms with E-state index in [-0.39, 0.29) is 18.4 Å². The zero-order chi connectivity index (χ0) is 17.9. The van der Waals surface area contributed by atoms with Crippen LogP contribution in [-0.2, 0) is 6.42 Å². The molecule has 0 amide bonds. The lowest BCUT2D eigenvalue weighted by atomic mass is 9.97. The summed E-state index contributed by atoms with van der Waals surface area (Å²) >= 11 is 0. The average molecular weight is 379 g/mol. The lowest BCUT2D eigenvalue weighted by molar-refractivity contribution is 0.375. The molecule has 0 radical (unpaired) electrons. The van der Waals surface area contributed by atoms with Gasteiger partial charge in [-0.05, 0) is 35.7 Å². The van der Waals surface area contributed by atoms with Crippen LogP contribution in [0.2, 0.25) is 0 Å². The van der Waals surface area contributed by atoms with Gasteiger partial charge in [0.1, 0.15) is 11.6 Å². The van der Waals surface area contributed by atoms with E-state index in [2.05, 4.69) is 72.6 Å². The summed E-state index contributed by atoms with van der Waals surface area (Å²) in [6.07, 6.45) is 0.916. The molecule has 0 saturated heterocycles. The van der Waals surface area contributed by atoms with E-state index in [9.17, 15) is 0 Å². The highest BCUT2D eigenvalue weighted by Crippen LogP contribution is 2.34. The first kappa shape index (κ1) is 19.0. The van der Waals surface area contributed by atoms with E-state index in [0.717, 1.165) is 29.3 Å². The van der Waals surface area contributed by atoms with Gasteiger partial charge in [-0.2, -0.15) is 0 Å². The highest BCUT2D eigenvalue weighted by molar-refractivity contribution is 6.01. The van der Waals surface area contributed by atoms with Gasteiger partial charge >= 0.3 is 0 Å². The van der Waals surface area contributed by atoms with E-state index in [0.29, 0.717) is 0 Å². The number of methoxy groups -OCH3 is 1. The number of ether oxygens (including phenoxy) is 1. The lowest BCUT2D eigenvalue weighted by Crippen LogP contribution is -2.32. The number of hydrogen-bond acceptors (Lipinski definition) is 3. The highest BCUT2D eigenvalue weighted by atomic mass is 35.5. The van der Waals surface area contributed by atoms with E-state index in [1.54, 1.807) is 7.11 Å². The van der Waals surface area contributed by atoms with Crippen LogP contribution in [-0.4, -0.2) is 24.9 Å². The first-order valence-electron chi connectivity index (χ1n) is 8.85. The highest BCUT2D eigenvalue weighted by Gasteiger charge is 2.26. The topological polar surface area (TPSA) is 24.8 Å². The number of fused-ring (bicyclic) bond motifs is 1. The second kappa shape index (κ2) is 8.28.